The maximum absolute atomic E-state index is 8.81. The van der Waals surface area contributed by atoms with E-state index in [1.54, 1.807) is 0 Å². The predicted molar refractivity (Wildman–Crippen MR) is 42.0 cm³/mol. The van der Waals surface area contributed by atoms with Gasteiger partial charge in [0.1, 0.15) is 11.5 Å². The monoisotopic (exact) mass is 180 g/mol. The molecule has 2 N–H and O–H groups in total. The number of aromatic hydroxyl groups is 2. The van der Waals surface area contributed by atoms with Crippen molar-refractivity contribution in [2.45, 2.75) is 0 Å². The molecule has 2 nitrogen and oxygen atoms in total. The largest absolute Gasteiger partial charge is 0.508 e. The van der Waals surface area contributed by atoms with Gasteiger partial charge in [-0.15, -0.1) is 12.4 Å². The van der Waals surface area contributed by atoms with Crippen LogP contribution in [0.2, 0.25) is 5.02 Å². The molecule has 0 unspecified atom stereocenters. The van der Waals surface area contributed by atoms with Crippen molar-refractivity contribution in [3.8, 4) is 11.5 Å². The summed E-state index contributed by atoms with van der Waals surface area (Å²) in [4.78, 5) is 0. The van der Waals surface area contributed by atoms with Gasteiger partial charge in [-0.05, 0) is 12.1 Å². The molecule has 1 aromatic carbocycles. The second kappa shape index (κ2) is 3.54. The maximum atomic E-state index is 8.81. The Morgan fingerprint density at radius 2 is 1.80 bits per heavy atom. The lowest BCUT2D eigenvalue weighted by Gasteiger charge is -1.94. The molecule has 0 bridgehead atoms. The van der Waals surface area contributed by atoms with Crippen LogP contribution in [-0.4, -0.2) is 10.2 Å². The zero-order valence-corrected chi connectivity index (χ0v) is 6.49. The van der Waals surface area contributed by atoms with Crippen LogP contribution in [0.5, 0.6) is 11.5 Å². The van der Waals surface area contributed by atoms with Crippen molar-refractivity contribution in [2.75, 3.05) is 0 Å². The van der Waals surface area contributed by atoms with Gasteiger partial charge in [-0.1, -0.05) is 11.6 Å². The molecule has 0 aromatic heterocycles. The molecular formula is C6H6Cl2O2. The molecule has 56 valence electrons. The molecule has 0 aliphatic heterocycles. The summed E-state index contributed by atoms with van der Waals surface area (Å²) in [5.74, 6) is -0.0893. The van der Waals surface area contributed by atoms with E-state index in [0.29, 0.717) is 0 Å². The molecule has 0 aliphatic carbocycles. The van der Waals surface area contributed by atoms with Crippen LogP contribution in [0.1, 0.15) is 0 Å². The standard InChI is InChI=1S/C6H5ClO2.ClH/c7-5-2-1-4(8)3-6(5)9;/h1-3,8-9H;1H. The van der Waals surface area contributed by atoms with E-state index in [4.69, 9.17) is 21.8 Å². The van der Waals surface area contributed by atoms with E-state index in [9.17, 15) is 0 Å². The van der Waals surface area contributed by atoms with Gasteiger partial charge in [0.05, 0.1) is 5.02 Å². The topological polar surface area (TPSA) is 40.5 Å². The van der Waals surface area contributed by atoms with Gasteiger partial charge in [-0.3, -0.25) is 0 Å². The van der Waals surface area contributed by atoms with Crippen molar-refractivity contribution < 1.29 is 10.2 Å². The molecular weight excluding hydrogens is 175 g/mol. The van der Waals surface area contributed by atoms with Crippen LogP contribution < -0.4 is 0 Å². The zero-order valence-electron chi connectivity index (χ0n) is 4.91. The first kappa shape index (κ1) is 9.40. The van der Waals surface area contributed by atoms with E-state index in [-0.39, 0.29) is 28.9 Å². The molecule has 0 heterocycles. The van der Waals surface area contributed by atoms with Crippen LogP contribution in [0.3, 0.4) is 0 Å². The van der Waals surface area contributed by atoms with Crippen LogP contribution >= 0.6 is 24.0 Å². The van der Waals surface area contributed by atoms with E-state index in [0.717, 1.165) is 0 Å². The molecule has 4 heteroatoms. The first-order valence-electron chi connectivity index (χ1n) is 2.37. The van der Waals surface area contributed by atoms with Crippen LogP contribution in [0.15, 0.2) is 18.2 Å². The fourth-order valence-corrected chi connectivity index (χ4v) is 0.619. The van der Waals surface area contributed by atoms with Crippen LogP contribution in [-0.2, 0) is 0 Å². The first-order valence-corrected chi connectivity index (χ1v) is 2.75. The third-order valence-corrected chi connectivity index (χ3v) is 1.25. The minimum Gasteiger partial charge on any atom is -0.508 e. The number of hydrogen-bond donors (Lipinski definition) is 2. The predicted octanol–water partition coefficient (Wildman–Crippen LogP) is 2.17. The van der Waals surface area contributed by atoms with Gasteiger partial charge in [-0.25, -0.2) is 0 Å². The molecule has 0 fully saturated rings. The second-order valence-corrected chi connectivity index (χ2v) is 2.04. The quantitative estimate of drug-likeness (QED) is 0.643. The van der Waals surface area contributed by atoms with Crippen molar-refractivity contribution >= 4 is 24.0 Å². The molecule has 0 aliphatic rings. The van der Waals surface area contributed by atoms with Crippen molar-refractivity contribution in [3.05, 3.63) is 23.2 Å². The normalized spacial score (nSPS) is 8.50. The minimum absolute atomic E-state index is 0. The fraction of sp³-hybridized carbons (Fsp3) is 0. The lowest BCUT2D eigenvalue weighted by Crippen LogP contribution is -1.66. The number of phenols is 2. The summed E-state index contributed by atoms with van der Waals surface area (Å²) in [5, 5.41) is 17.8. The van der Waals surface area contributed by atoms with Crippen molar-refractivity contribution in [1.82, 2.24) is 0 Å². The Hall–Kier alpha value is -0.600. The lowest BCUT2D eigenvalue weighted by atomic mass is 10.3. The van der Waals surface area contributed by atoms with Gasteiger partial charge in [0.2, 0.25) is 0 Å². The Balaban J connectivity index is 0.000000810. The van der Waals surface area contributed by atoms with Gasteiger partial charge >= 0.3 is 0 Å². The summed E-state index contributed by atoms with van der Waals surface area (Å²) in [5.41, 5.74) is 0. The van der Waals surface area contributed by atoms with E-state index < -0.39 is 0 Å². The Labute approximate surface area is 69.5 Å². The molecule has 1 rings (SSSR count). The van der Waals surface area contributed by atoms with Gasteiger partial charge in [-0.2, -0.15) is 0 Å². The third kappa shape index (κ3) is 1.97. The smallest absolute Gasteiger partial charge is 0.137 e. The number of halogens is 2. The van der Waals surface area contributed by atoms with Gasteiger partial charge in [0, 0.05) is 6.07 Å². The summed E-state index contributed by atoms with van der Waals surface area (Å²) in [6, 6.07) is 4.01. The van der Waals surface area contributed by atoms with Crippen LogP contribution in [0.4, 0.5) is 0 Å². The Kier molecular flexibility index (Phi) is 3.33. The van der Waals surface area contributed by atoms with Gasteiger partial charge in [0.25, 0.3) is 0 Å². The number of phenolic OH excluding ortho intramolecular Hbond substituents is 2. The van der Waals surface area contributed by atoms with E-state index in [1.165, 1.54) is 18.2 Å². The van der Waals surface area contributed by atoms with Crippen molar-refractivity contribution in [3.63, 3.8) is 0 Å². The molecule has 1 aromatic rings. The first-order chi connectivity index (χ1) is 4.20. The maximum Gasteiger partial charge on any atom is 0.137 e. The molecule has 0 radical (unpaired) electrons. The third-order valence-electron chi connectivity index (χ3n) is 0.930. The highest BCUT2D eigenvalue weighted by Gasteiger charge is 1.95. The second-order valence-electron chi connectivity index (χ2n) is 1.64. The van der Waals surface area contributed by atoms with Crippen LogP contribution in [0.25, 0.3) is 0 Å². The van der Waals surface area contributed by atoms with Crippen molar-refractivity contribution in [1.29, 1.82) is 0 Å². The Bertz CT molecular complexity index is 225. The average molecular weight is 181 g/mol. The summed E-state index contributed by atoms with van der Waals surface area (Å²) < 4.78 is 0. The highest BCUT2D eigenvalue weighted by atomic mass is 35.5. The number of benzene rings is 1. The fourth-order valence-electron chi connectivity index (χ4n) is 0.501. The SMILES string of the molecule is Cl.Oc1ccc(Cl)c(O)c1. The highest BCUT2D eigenvalue weighted by molar-refractivity contribution is 6.32. The van der Waals surface area contributed by atoms with Gasteiger partial charge < -0.3 is 10.2 Å². The molecule has 10 heavy (non-hydrogen) atoms. The number of hydrogen-bond acceptors (Lipinski definition) is 2. The minimum atomic E-state index is -0.100. The van der Waals surface area contributed by atoms with E-state index >= 15 is 0 Å². The molecule has 0 saturated heterocycles. The average Bonchev–Trinajstić information content (AvgIpc) is 1.80. The van der Waals surface area contributed by atoms with E-state index in [1.807, 2.05) is 0 Å². The lowest BCUT2D eigenvalue weighted by molar-refractivity contribution is 0.451. The zero-order chi connectivity index (χ0) is 6.85. The molecule has 0 atom stereocenters. The van der Waals surface area contributed by atoms with Crippen molar-refractivity contribution in [2.24, 2.45) is 0 Å². The summed E-state index contributed by atoms with van der Waals surface area (Å²) in [6.07, 6.45) is 0. The summed E-state index contributed by atoms with van der Waals surface area (Å²) >= 11 is 5.42. The van der Waals surface area contributed by atoms with E-state index in [2.05, 4.69) is 0 Å². The molecule has 0 spiro atoms. The van der Waals surface area contributed by atoms with Crippen LogP contribution in [0, 0.1) is 0 Å². The summed E-state index contributed by atoms with van der Waals surface area (Å²) in [6.45, 7) is 0. The highest BCUT2D eigenvalue weighted by Crippen LogP contribution is 2.26. The molecule has 0 amide bonds. The number of rotatable bonds is 0. The molecule has 0 saturated carbocycles. The van der Waals surface area contributed by atoms with Gasteiger partial charge in [0.15, 0.2) is 0 Å². The Morgan fingerprint density at radius 1 is 1.20 bits per heavy atom. The summed E-state index contributed by atoms with van der Waals surface area (Å²) in [7, 11) is 0. The Morgan fingerprint density at radius 3 is 2.20 bits per heavy atom.